The van der Waals surface area contributed by atoms with Crippen LogP contribution in [0, 0.1) is 0 Å². The molecule has 0 saturated carbocycles. The molecule has 2 saturated heterocycles. The first kappa shape index (κ1) is 30.2. The number of piperidine rings is 1. The molecule has 2 aromatic rings. The van der Waals surface area contributed by atoms with Gasteiger partial charge in [0, 0.05) is 68.2 Å². The Bertz CT molecular complexity index is 1020. The summed E-state index contributed by atoms with van der Waals surface area (Å²) in [5.74, 6) is -0.193. The number of nitrogens with zero attached hydrogens (tertiary/aromatic N) is 3. The van der Waals surface area contributed by atoms with Gasteiger partial charge in [-0.15, -0.1) is 0 Å². The molecule has 2 aliphatic rings. The van der Waals surface area contributed by atoms with Crippen LogP contribution in [-0.4, -0.2) is 85.7 Å². The van der Waals surface area contributed by atoms with Gasteiger partial charge in [-0.05, 0) is 75.2 Å². The van der Waals surface area contributed by atoms with E-state index in [0.29, 0.717) is 17.6 Å². The first-order chi connectivity index (χ1) is 17.8. The van der Waals surface area contributed by atoms with Crippen LogP contribution in [0.3, 0.4) is 0 Å². The fourth-order valence-electron chi connectivity index (χ4n) is 5.05. The SMILES string of the molecule is CCN(CC)C(=S)SSC(=S)N(CC)CC.CN1[C@@H]2CC[C@H]1CC(OC(=O)c1c[nH]c3ccccc13)C2. The van der Waals surface area contributed by atoms with Crippen LogP contribution in [0.1, 0.15) is 63.7 Å². The van der Waals surface area contributed by atoms with Gasteiger partial charge in [-0.3, -0.25) is 0 Å². The van der Waals surface area contributed by atoms with E-state index in [0.717, 1.165) is 58.6 Å². The molecular weight excluding hydrogens is 541 g/mol. The van der Waals surface area contributed by atoms with Gasteiger partial charge in [0.15, 0.2) is 0 Å². The van der Waals surface area contributed by atoms with Gasteiger partial charge in [0.1, 0.15) is 14.7 Å². The minimum absolute atomic E-state index is 0.0693. The lowest BCUT2D eigenvalue weighted by atomic mass is 10.0. The zero-order valence-electron chi connectivity index (χ0n) is 22.6. The van der Waals surface area contributed by atoms with E-state index in [9.17, 15) is 4.79 Å². The van der Waals surface area contributed by atoms with Crippen LogP contribution in [0.4, 0.5) is 0 Å². The van der Waals surface area contributed by atoms with Crippen molar-refractivity contribution in [3.8, 4) is 0 Å². The van der Waals surface area contributed by atoms with Crippen molar-refractivity contribution < 1.29 is 9.53 Å². The Labute approximate surface area is 240 Å². The molecule has 4 rings (SSSR count). The van der Waals surface area contributed by atoms with Crippen molar-refractivity contribution in [2.24, 2.45) is 0 Å². The maximum absolute atomic E-state index is 12.4. The summed E-state index contributed by atoms with van der Waals surface area (Å²) >= 11 is 10.7. The largest absolute Gasteiger partial charge is 0.459 e. The number of carbonyl (C=O) groups excluding carboxylic acids is 1. The van der Waals surface area contributed by atoms with E-state index in [1.54, 1.807) is 27.8 Å². The normalized spacial score (nSPS) is 20.7. The second-order valence-corrected chi connectivity index (χ2v) is 12.7. The molecule has 1 aromatic carbocycles. The molecule has 10 heteroatoms. The number of hydrogen-bond donors (Lipinski definition) is 1. The summed E-state index contributed by atoms with van der Waals surface area (Å²) < 4.78 is 7.63. The van der Waals surface area contributed by atoms with Crippen molar-refractivity contribution >= 4 is 71.5 Å². The number of para-hydroxylation sites is 1. The molecule has 37 heavy (non-hydrogen) atoms. The predicted molar refractivity (Wildman–Crippen MR) is 168 cm³/mol. The number of fused-ring (bicyclic) bond motifs is 3. The summed E-state index contributed by atoms with van der Waals surface area (Å²) in [5, 5.41) is 0.943. The number of H-pyrrole nitrogens is 1. The van der Waals surface area contributed by atoms with Crippen LogP contribution in [0.2, 0.25) is 0 Å². The van der Waals surface area contributed by atoms with E-state index in [4.69, 9.17) is 29.2 Å². The van der Waals surface area contributed by atoms with E-state index in [1.807, 2.05) is 24.3 Å². The van der Waals surface area contributed by atoms with Crippen LogP contribution in [-0.2, 0) is 4.74 Å². The molecule has 1 aromatic heterocycles. The second-order valence-electron chi connectivity index (χ2n) is 9.34. The molecule has 2 aliphatic heterocycles. The Kier molecular flexibility index (Phi) is 12.0. The van der Waals surface area contributed by atoms with Crippen LogP contribution >= 0.6 is 46.0 Å². The number of esters is 1. The number of nitrogens with one attached hydrogen (secondary N) is 1. The lowest BCUT2D eigenvalue weighted by Crippen LogP contribution is -2.43. The Hall–Kier alpha value is -1.33. The Balaban J connectivity index is 0.000000216. The number of ether oxygens (including phenoxy) is 1. The molecule has 0 amide bonds. The van der Waals surface area contributed by atoms with E-state index in [2.05, 4.69) is 54.4 Å². The molecule has 2 bridgehead atoms. The molecule has 1 unspecified atom stereocenters. The average molecular weight is 581 g/mol. The van der Waals surface area contributed by atoms with E-state index in [-0.39, 0.29) is 12.1 Å². The summed E-state index contributed by atoms with van der Waals surface area (Å²) in [6, 6.07) is 9.02. The standard InChI is InChI=1S/C17H20N2O2.C10H20N2S4/c1-19-11-6-7-12(19)9-13(8-11)21-17(20)15-10-18-16-5-3-2-4-14(15)16;1-5-11(6-2)9(13)15-16-10(14)12(7-3)8-4/h2-5,10-13,18H,6-9H2,1H3;5-8H2,1-4H3/t11-,12+,13?;. The minimum atomic E-state index is -0.193. The van der Waals surface area contributed by atoms with Crippen molar-refractivity contribution in [2.75, 3.05) is 33.2 Å². The van der Waals surface area contributed by atoms with Gasteiger partial charge >= 0.3 is 5.97 Å². The van der Waals surface area contributed by atoms with E-state index >= 15 is 0 Å². The average Bonchev–Trinajstić information content (AvgIpc) is 3.41. The lowest BCUT2D eigenvalue weighted by Gasteiger charge is -2.35. The summed E-state index contributed by atoms with van der Waals surface area (Å²) in [6.45, 7) is 12.3. The van der Waals surface area contributed by atoms with Crippen molar-refractivity contribution in [3.63, 3.8) is 0 Å². The van der Waals surface area contributed by atoms with E-state index in [1.165, 1.54) is 12.8 Å². The van der Waals surface area contributed by atoms with Crippen molar-refractivity contribution in [2.45, 2.75) is 71.6 Å². The molecule has 2 fully saturated rings. The number of rotatable bonds is 6. The van der Waals surface area contributed by atoms with Crippen LogP contribution in [0.25, 0.3) is 10.9 Å². The molecule has 6 nitrogen and oxygen atoms in total. The monoisotopic (exact) mass is 580 g/mol. The number of aromatic amines is 1. The summed E-state index contributed by atoms with van der Waals surface area (Å²) in [4.78, 5) is 22.4. The Morgan fingerprint density at radius 2 is 1.49 bits per heavy atom. The van der Waals surface area contributed by atoms with Gasteiger partial charge in [0.05, 0.1) is 5.56 Å². The van der Waals surface area contributed by atoms with E-state index < -0.39 is 0 Å². The topological polar surface area (TPSA) is 51.8 Å². The molecular formula is C27H40N4O2S4. The number of aromatic nitrogens is 1. The molecule has 0 spiro atoms. The van der Waals surface area contributed by atoms with Crippen LogP contribution < -0.4 is 0 Å². The molecule has 0 radical (unpaired) electrons. The van der Waals surface area contributed by atoms with Crippen LogP contribution in [0.5, 0.6) is 0 Å². The van der Waals surface area contributed by atoms with Crippen molar-refractivity contribution in [1.29, 1.82) is 0 Å². The molecule has 3 heterocycles. The van der Waals surface area contributed by atoms with Crippen molar-refractivity contribution in [3.05, 3.63) is 36.0 Å². The minimum Gasteiger partial charge on any atom is -0.459 e. The highest BCUT2D eigenvalue weighted by Gasteiger charge is 2.40. The van der Waals surface area contributed by atoms with Gasteiger partial charge in [-0.25, -0.2) is 4.79 Å². The molecule has 204 valence electrons. The van der Waals surface area contributed by atoms with Gasteiger partial charge in [-0.1, -0.05) is 42.6 Å². The quantitative estimate of drug-likeness (QED) is 0.232. The highest BCUT2D eigenvalue weighted by molar-refractivity contribution is 8.89. The summed E-state index contributed by atoms with van der Waals surface area (Å²) in [6.07, 6.45) is 6.25. The number of benzene rings is 1. The Morgan fingerprint density at radius 3 is 2.00 bits per heavy atom. The third-order valence-electron chi connectivity index (χ3n) is 7.37. The molecule has 1 N–H and O–H groups in total. The maximum atomic E-state index is 12.4. The van der Waals surface area contributed by atoms with Gasteiger partial charge in [-0.2, -0.15) is 0 Å². The Morgan fingerprint density at radius 1 is 0.973 bits per heavy atom. The highest BCUT2D eigenvalue weighted by atomic mass is 33.1. The highest BCUT2D eigenvalue weighted by Crippen LogP contribution is 2.36. The summed E-state index contributed by atoms with van der Waals surface area (Å²) in [5.41, 5.74) is 1.63. The second kappa shape index (κ2) is 14.7. The van der Waals surface area contributed by atoms with Gasteiger partial charge < -0.3 is 24.4 Å². The third-order valence-corrected chi connectivity index (χ3v) is 11.1. The first-order valence-corrected chi connectivity index (χ1v) is 16.2. The zero-order chi connectivity index (χ0) is 26.9. The fourth-order valence-corrected chi connectivity index (χ4v) is 8.11. The molecule has 3 atom stereocenters. The predicted octanol–water partition coefficient (Wildman–Crippen LogP) is 6.57. The lowest BCUT2D eigenvalue weighted by molar-refractivity contribution is -0.000261. The van der Waals surface area contributed by atoms with Gasteiger partial charge in [0.2, 0.25) is 0 Å². The fraction of sp³-hybridized carbons (Fsp3) is 0.593. The number of thiocarbonyl (C=S) groups is 2. The summed E-state index contributed by atoms with van der Waals surface area (Å²) in [7, 11) is 5.38. The van der Waals surface area contributed by atoms with Crippen molar-refractivity contribution in [1.82, 2.24) is 19.7 Å². The maximum Gasteiger partial charge on any atom is 0.340 e. The first-order valence-electron chi connectivity index (χ1n) is 13.2. The molecule has 0 aliphatic carbocycles. The smallest absolute Gasteiger partial charge is 0.340 e. The third kappa shape index (κ3) is 7.85. The van der Waals surface area contributed by atoms with Gasteiger partial charge in [0.25, 0.3) is 0 Å². The van der Waals surface area contributed by atoms with Crippen LogP contribution in [0.15, 0.2) is 30.5 Å². The number of hydrogen-bond acceptors (Lipinski definition) is 7. The number of carbonyl (C=O) groups is 1. The zero-order valence-corrected chi connectivity index (χ0v) is 25.8.